The van der Waals surface area contributed by atoms with Gasteiger partial charge in [-0.3, -0.25) is 9.69 Å². The van der Waals surface area contributed by atoms with Crippen LogP contribution in [-0.4, -0.2) is 36.0 Å². The molecule has 3 saturated heterocycles. The third kappa shape index (κ3) is 2.32. The Hall–Kier alpha value is -2.25. The summed E-state index contributed by atoms with van der Waals surface area (Å²) in [6, 6.07) is 6.10. The minimum atomic E-state index is -0.0313. The molecule has 4 nitrogen and oxygen atoms in total. The first kappa shape index (κ1) is 14.3. The lowest BCUT2D eigenvalue weighted by Crippen LogP contribution is -2.62. The second-order valence-electron chi connectivity index (χ2n) is 6.62. The zero-order valence-corrected chi connectivity index (χ0v) is 13.2. The summed E-state index contributed by atoms with van der Waals surface area (Å²) in [7, 11) is 0. The Balaban J connectivity index is 1.56. The predicted octanol–water partition coefficient (Wildman–Crippen LogP) is 2.63. The van der Waals surface area contributed by atoms with Gasteiger partial charge in [0, 0.05) is 23.0 Å². The van der Waals surface area contributed by atoms with Gasteiger partial charge in [0.2, 0.25) is 0 Å². The first-order chi connectivity index (χ1) is 11.2. The Morgan fingerprint density at radius 3 is 2.87 bits per heavy atom. The minimum Gasteiger partial charge on any atom is -0.463 e. The lowest BCUT2D eigenvalue weighted by atomic mass is 9.79. The molecule has 5 rings (SSSR count). The summed E-state index contributed by atoms with van der Waals surface area (Å²) in [5.74, 6) is 3.15. The molecule has 1 amide bonds. The van der Waals surface area contributed by atoms with E-state index in [1.807, 2.05) is 12.1 Å². The van der Waals surface area contributed by atoms with Gasteiger partial charge in [-0.05, 0) is 57.0 Å². The van der Waals surface area contributed by atoms with E-state index in [0.29, 0.717) is 23.1 Å². The maximum atomic E-state index is 12.6. The molecule has 4 heteroatoms. The van der Waals surface area contributed by atoms with E-state index in [1.54, 1.807) is 12.3 Å². The number of piperidine rings is 3. The number of fused-ring (bicyclic) bond motifs is 4. The van der Waals surface area contributed by atoms with Gasteiger partial charge < -0.3 is 9.73 Å². The van der Waals surface area contributed by atoms with Crippen molar-refractivity contribution in [2.75, 3.05) is 13.1 Å². The number of rotatable bonds is 2. The summed E-state index contributed by atoms with van der Waals surface area (Å²) in [6.07, 6.45) is 9.35. The van der Waals surface area contributed by atoms with E-state index in [1.165, 1.54) is 12.8 Å². The molecule has 2 aromatic rings. The molecule has 4 heterocycles. The Labute approximate surface area is 135 Å². The molecule has 1 aromatic carbocycles. The summed E-state index contributed by atoms with van der Waals surface area (Å²) in [6.45, 7) is 4.53. The van der Waals surface area contributed by atoms with Gasteiger partial charge in [0.05, 0.1) is 5.56 Å². The first-order valence-electron chi connectivity index (χ1n) is 8.20. The van der Waals surface area contributed by atoms with Crippen LogP contribution in [0.25, 0.3) is 11.0 Å². The molecule has 3 fully saturated rings. The number of amides is 1. The van der Waals surface area contributed by atoms with E-state index in [4.69, 9.17) is 10.8 Å². The fourth-order valence-corrected chi connectivity index (χ4v) is 4.06. The van der Waals surface area contributed by atoms with Gasteiger partial charge in [-0.2, -0.15) is 0 Å². The van der Waals surface area contributed by atoms with Crippen LogP contribution < -0.4 is 5.32 Å². The molecule has 23 heavy (non-hydrogen) atoms. The number of hydrogen-bond acceptors (Lipinski definition) is 3. The molecular weight excluding hydrogens is 288 g/mol. The zero-order valence-electron chi connectivity index (χ0n) is 13.2. The third-order valence-corrected chi connectivity index (χ3v) is 5.47. The molecule has 0 saturated carbocycles. The molecule has 0 aliphatic carbocycles. The molecule has 0 unspecified atom stereocenters. The van der Waals surface area contributed by atoms with Crippen LogP contribution in [0.15, 0.2) is 28.9 Å². The van der Waals surface area contributed by atoms with Crippen LogP contribution in [-0.2, 0) is 0 Å². The Morgan fingerprint density at radius 1 is 1.39 bits per heavy atom. The molecule has 1 N–H and O–H groups in total. The fraction of sp³-hybridized carbons (Fsp3) is 0.421. The number of furan rings is 1. The van der Waals surface area contributed by atoms with Gasteiger partial charge in [0.1, 0.15) is 11.8 Å². The molecular formula is C19H20N2O2. The highest BCUT2D eigenvalue weighted by atomic mass is 16.3. The second kappa shape index (κ2) is 5.43. The van der Waals surface area contributed by atoms with Crippen LogP contribution in [0.5, 0.6) is 0 Å². The summed E-state index contributed by atoms with van der Waals surface area (Å²) in [4.78, 5) is 15.1. The van der Waals surface area contributed by atoms with Gasteiger partial charge in [-0.25, -0.2) is 0 Å². The Bertz CT molecular complexity index is 791. The van der Waals surface area contributed by atoms with Crippen molar-refractivity contribution < 1.29 is 9.21 Å². The summed E-state index contributed by atoms with van der Waals surface area (Å²) in [5, 5.41) is 4.11. The fourth-order valence-electron chi connectivity index (χ4n) is 4.06. The Morgan fingerprint density at radius 2 is 2.17 bits per heavy atom. The molecule has 3 aliphatic heterocycles. The zero-order chi connectivity index (χ0) is 16.0. The van der Waals surface area contributed by atoms with Crippen LogP contribution in [0.3, 0.4) is 0 Å². The van der Waals surface area contributed by atoms with Crippen LogP contribution in [0.1, 0.15) is 35.7 Å². The summed E-state index contributed by atoms with van der Waals surface area (Å²) < 4.78 is 5.46. The average molecular weight is 308 g/mol. The number of benzene rings is 1. The van der Waals surface area contributed by atoms with Crippen molar-refractivity contribution in [3.63, 3.8) is 0 Å². The lowest BCUT2D eigenvalue weighted by molar-refractivity contribution is 0.0217. The molecule has 3 aliphatic rings. The van der Waals surface area contributed by atoms with Crippen molar-refractivity contribution >= 4 is 16.9 Å². The van der Waals surface area contributed by atoms with Gasteiger partial charge in [0.15, 0.2) is 0 Å². The number of carbonyl (C=O) groups is 1. The van der Waals surface area contributed by atoms with Gasteiger partial charge in [-0.1, -0.05) is 5.92 Å². The van der Waals surface area contributed by atoms with E-state index in [-0.39, 0.29) is 11.9 Å². The monoisotopic (exact) mass is 308 g/mol. The van der Waals surface area contributed by atoms with Gasteiger partial charge in [-0.15, -0.1) is 6.42 Å². The standard InChI is InChI=1S/C19H20N2O2/c1-3-13-11-23-17-10-15(4-5-16(13)17)19(22)20-18-12(2)21-8-6-14(18)7-9-21/h1,4-5,10-12,14,18H,6-9H2,2H3,(H,20,22)/t12-,18-/m0/s1. The van der Waals surface area contributed by atoms with Gasteiger partial charge >= 0.3 is 0 Å². The van der Waals surface area contributed by atoms with Crippen molar-refractivity contribution in [1.29, 1.82) is 0 Å². The molecule has 118 valence electrons. The normalized spacial score (nSPS) is 29.4. The average Bonchev–Trinajstić information content (AvgIpc) is 3.00. The lowest BCUT2D eigenvalue weighted by Gasteiger charge is -2.49. The maximum Gasteiger partial charge on any atom is 0.251 e. The number of nitrogens with one attached hydrogen (secondary N) is 1. The van der Waals surface area contributed by atoms with Crippen molar-refractivity contribution in [2.24, 2.45) is 5.92 Å². The topological polar surface area (TPSA) is 45.5 Å². The second-order valence-corrected chi connectivity index (χ2v) is 6.62. The number of nitrogens with zero attached hydrogens (tertiary/aromatic N) is 1. The summed E-state index contributed by atoms with van der Waals surface area (Å²) in [5.41, 5.74) is 2.00. The highest BCUT2D eigenvalue weighted by Gasteiger charge is 2.40. The predicted molar refractivity (Wildman–Crippen MR) is 89.2 cm³/mol. The highest BCUT2D eigenvalue weighted by molar-refractivity contribution is 5.98. The van der Waals surface area contributed by atoms with Gasteiger partial charge in [0.25, 0.3) is 5.91 Å². The van der Waals surface area contributed by atoms with E-state index in [9.17, 15) is 4.79 Å². The molecule has 0 spiro atoms. The summed E-state index contributed by atoms with van der Waals surface area (Å²) >= 11 is 0. The largest absolute Gasteiger partial charge is 0.463 e. The molecule has 0 radical (unpaired) electrons. The van der Waals surface area contributed by atoms with E-state index >= 15 is 0 Å². The van der Waals surface area contributed by atoms with Crippen molar-refractivity contribution in [3.05, 3.63) is 35.6 Å². The molecule has 1 aromatic heterocycles. The Kier molecular flexibility index (Phi) is 3.39. The minimum absolute atomic E-state index is 0.0313. The molecule has 2 atom stereocenters. The number of hydrogen-bond donors (Lipinski definition) is 1. The smallest absolute Gasteiger partial charge is 0.251 e. The molecule has 2 bridgehead atoms. The number of terminal acetylenes is 1. The van der Waals surface area contributed by atoms with E-state index in [0.717, 1.165) is 24.0 Å². The van der Waals surface area contributed by atoms with E-state index in [2.05, 4.69) is 23.1 Å². The van der Waals surface area contributed by atoms with Crippen molar-refractivity contribution in [2.45, 2.75) is 31.8 Å². The maximum absolute atomic E-state index is 12.6. The number of carbonyl (C=O) groups excluding carboxylic acids is 1. The van der Waals surface area contributed by atoms with Crippen LogP contribution in [0.4, 0.5) is 0 Å². The highest BCUT2D eigenvalue weighted by Crippen LogP contribution is 2.32. The van der Waals surface area contributed by atoms with Crippen LogP contribution >= 0.6 is 0 Å². The van der Waals surface area contributed by atoms with Crippen molar-refractivity contribution in [1.82, 2.24) is 10.2 Å². The van der Waals surface area contributed by atoms with Crippen molar-refractivity contribution in [3.8, 4) is 12.3 Å². The van der Waals surface area contributed by atoms with Crippen LogP contribution in [0, 0.1) is 18.3 Å². The third-order valence-electron chi connectivity index (χ3n) is 5.47. The SMILES string of the molecule is C#Cc1coc2cc(C(=O)N[C@@H]3C4CCN(CC4)[C@H]3C)ccc12. The first-order valence-corrected chi connectivity index (χ1v) is 8.20. The van der Waals surface area contributed by atoms with E-state index < -0.39 is 0 Å². The van der Waals surface area contributed by atoms with Crippen LogP contribution in [0.2, 0.25) is 0 Å². The quantitative estimate of drug-likeness (QED) is 0.868.